The van der Waals surface area contributed by atoms with Crippen LogP contribution < -0.4 is 5.50 Å². The highest BCUT2D eigenvalue weighted by atomic mass is 79.9. The van der Waals surface area contributed by atoms with Crippen LogP contribution in [0.4, 0.5) is 0 Å². The first-order valence-electron chi connectivity index (χ1n) is 5.33. The third kappa shape index (κ3) is 3.42. The summed E-state index contributed by atoms with van der Waals surface area (Å²) >= 11 is 2.96. The number of Topliss-reactive ketones (excluding diaryl/α,β-unsaturated/α-hetero) is 1. The van der Waals surface area contributed by atoms with Gasteiger partial charge in [0.1, 0.15) is 0 Å². The first-order valence-corrected chi connectivity index (χ1v) is 7.66. The van der Waals surface area contributed by atoms with E-state index in [2.05, 4.69) is 22.5 Å². The molecule has 0 bridgehead atoms. The van der Waals surface area contributed by atoms with Crippen LogP contribution in [0.15, 0.2) is 27.6 Å². The molecule has 1 heterocycles. The van der Waals surface area contributed by atoms with Crippen LogP contribution in [0.25, 0.3) is 0 Å². The van der Waals surface area contributed by atoms with Crippen molar-refractivity contribution in [1.29, 1.82) is 0 Å². The van der Waals surface area contributed by atoms with Gasteiger partial charge in [-0.15, -0.1) is 0 Å². The zero-order chi connectivity index (χ0) is 13.8. The standard InChI is InChI=1S/C11H14BrO5P/c1-4-15-18(14,16-5-2)10-7-6-9(17-10)11(13)8(3)12/h6-7H,3-5H2,1-2H3. The van der Waals surface area contributed by atoms with E-state index in [1.165, 1.54) is 12.1 Å². The Balaban J connectivity index is 3.05. The highest BCUT2D eigenvalue weighted by molar-refractivity contribution is 9.12. The normalized spacial score (nSPS) is 11.5. The van der Waals surface area contributed by atoms with E-state index >= 15 is 0 Å². The fourth-order valence-electron chi connectivity index (χ4n) is 1.24. The van der Waals surface area contributed by atoms with E-state index in [9.17, 15) is 9.36 Å². The summed E-state index contributed by atoms with van der Waals surface area (Å²) in [6.45, 7) is 7.27. The minimum Gasteiger partial charge on any atom is -0.445 e. The number of furan rings is 1. The lowest BCUT2D eigenvalue weighted by atomic mass is 10.3. The van der Waals surface area contributed by atoms with Crippen LogP contribution in [0.3, 0.4) is 0 Å². The van der Waals surface area contributed by atoms with E-state index in [0.29, 0.717) is 0 Å². The Labute approximate surface area is 114 Å². The average Bonchev–Trinajstić information content (AvgIpc) is 2.78. The zero-order valence-corrected chi connectivity index (χ0v) is 12.6. The smallest absolute Gasteiger partial charge is 0.396 e. The Morgan fingerprint density at radius 2 is 1.94 bits per heavy atom. The third-order valence-corrected chi connectivity index (χ3v) is 4.27. The molecule has 0 aliphatic rings. The Hall–Kier alpha value is -0.680. The molecule has 1 rings (SSSR count). The van der Waals surface area contributed by atoms with E-state index < -0.39 is 13.4 Å². The Kier molecular flexibility index (Phi) is 5.53. The lowest BCUT2D eigenvalue weighted by Gasteiger charge is -2.13. The summed E-state index contributed by atoms with van der Waals surface area (Å²) in [5.41, 5.74) is 0.0169. The lowest BCUT2D eigenvalue weighted by molar-refractivity contribution is 0.102. The molecular formula is C11H14BrO5P. The molecule has 0 unspecified atom stereocenters. The van der Waals surface area contributed by atoms with Crippen molar-refractivity contribution < 1.29 is 22.8 Å². The monoisotopic (exact) mass is 336 g/mol. The minimum absolute atomic E-state index is 0.0169. The van der Waals surface area contributed by atoms with Crippen LogP contribution in [0.2, 0.25) is 0 Å². The first kappa shape index (κ1) is 15.4. The number of hydrogen-bond donors (Lipinski definition) is 0. The number of carbonyl (C=O) groups is 1. The van der Waals surface area contributed by atoms with E-state index in [4.69, 9.17) is 13.5 Å². The van der Waals surface area contributed by atoms with Crippen molar-refractivity contribution in [3.63, 3.8) is 0 Å². The van der Waals surface area contributed by atoms with E-state index in [-0.39, 0.29) is 29.0 Å². The fourth-order valence-corrected chi connectivity index (χ4v) is 2.91. The summed E-state index contributed by atoms with van der Waals surface area (Å²) in [7, 11) is -3.48. The van der Waals surface area contributed by atoms with Gasteiger partial charge in [-0.1, -0.05) is 6.58 Å². The highest BCUT2D eigenvalue weighted by Crippen LogP contribution is 2.47. The molecule has 0 saturated carbocycles. The zero-order valence-electron chi connectivity index (χ0n) is 10.1. The van der Waals surface area contributed by atoms with Crippen molar-refractivity contribution in [2.75, 3.05) is 13.2 Å². The molecule has 0 saturated heterocycles. The van der Waals surface area contributed by atoms with E-state index in [0.717, 1.165) is 0 Å². The van der Waals surface area contributed by atoms with E-state index in [1.807, 2.05) is 0 Å². The van der Waals surface area contributed by atoms with Crippen molar-refractivity contribution in [3.8, 4) is 0 Å². The molecule has 0 atom stereocenters. The Bertz CT molecular complexity index is 483. The van der Waals surface area contributed by atoms with Gasteiger partial charge in [0.2, 0.25) is 11.3 Å². The Morgan fingerprint density at radius 3 is 2.39 bits per heavy atom. The van der Waals surface area contributed by atoms with Gasteiger partial charge in [0.15, 0.2) is 5.76 Å². The van der Waals surface area contributed by atoms with Crippen LogP contribution in [0.1, 0.15) is 24.4 Å². The molecule has 18 heavy (non-hydrogen) atoms. The second-order valence-corrected chi connectivity index (χ2v) is 6.11. The molecule has 0 aromatic carbocycles. The maximum absolute atomic E-state index is 12.3. The summed E-state index contributed by atoms with van der Waals surface area (Å²) in [5, 5.41) is 0. The molecule has 0 aliphatic heterocycles. The highest BCUT2D eigenvalue weighted by Gasteiger charge is 2.31. The van der Waals surface area contributed by atoms with Crippen molar-refractivity contribution in [3.05, 3.63) is 29.0 Å². The van der Waals surface area contributed by atoms with Crippen LogP contribution in [-0.4, -0.2) is 19.0 Å². The van der Waals surface area contributed by atoms with Gasteiger partial charge in [-0.3, -0.25) is 9.36 Å². The predicted octanol–water partition coefficient (Wildman–Crippen LogP) is 3.26. The lowest BCUT2D eigenvalue weighted by Crippen LogP contribution is -2.08. The number of rotatable bonds is 7. The van der Waals surface area contributed by atoms with Crippen LogP contribution in [-0.2, 0) is 13.6 Å². The molecule has 0 amide bonds. The van der Waals surface area contributed by atoms with Gasteiger partial charge >= 0.3 is 7.60 Å². The van der Waals surface area contributed by atoms with Gasteiger partial charge < -0.3 is 13.5 Å². The predicted molar refractivity (Wildman–Crippen MR) is 71.6 cm³/mol. The second kappa shape index (κ2) is 6.48. The molecule has 0 radical (unpaired) electrons. The second-order valence-electron chi connectivity index (χ2n) is 3.20. The van der Waals surface area contributed by atoms with Gasteiger partial charge in [0.25, 0.3) is 0 Å². The summed E-state index contributed by atoms with van der Waals surface area (Å²) in [5.74, 6) is -0.382. The molecular weight excluding hydrogens is 323 g/mol. The maximum Gasteiger partial charge on any atom is 0.396 e. The molecule has 0 fully saturated rings. The summed E-state index contributed by atoms with van der Waals surface area (Å²) in [6, 6.07) is 2.82. The number of halogens is 1. The fraction of sp³-hybridized carbons (Fsp3) is 0.364. The molecule has 5 nitrogen and oxygen atoms in total. The summed E-state index contributed by atoms with van der Waals surface area (Å²) < 4.78 is 27.9. The number of allylic oxidation sites excluding steroid dienone is 1. The van der Waals surface area contributed by atoms with Gasteiger partial charge in [-0.2, -0.15) is 0 Å². The largest absolute Gasteiger partial charge is 0.445 e. The maximum atomic E-state index is 12.3. The summed E-state index contributed by atoms with van der Waals surface area (Å²) in [6.07, 6.45) is 0. The third-order valence-electron chi connectivity index (χ3n) is 1.93. The van der Waals surface area contributed by atoms with Gasteiger partial charge in [-0.05, 0) is 41.9 Å². The topological polar surface area (TPSA) is 65.7 Å². The van der Waals surface area contributed by atoms with Crippen molar-refractivity contribution in [2.24, 2.45) is 0 Å². The quantitative estimate of drug-likeness (QED) is 0.434. The van der Waals surface area contributed by atoms with Crippen molar-refractivity contribution >= 4 is 34.8 Å². The number of hydrogen-bond acceptors (Lipinski definition) is 5. The molecule has 100 valence electrons. The molecule has 1 aromatic heterocycles. The molecule has 0 spiro atoms. The van der Waals surface area contributed by atoms with Crippen LogP contribution in [0.5, 0.6) is 0 Å². The average molecular weight is 337 g/mol. The van der Waals surface area contributed by atoms with Crippen LogP contribution in [0, 0.1) is 0 Å². The molecule has 0 aliphatic carbocycles. The van der Waals surface area contributed by atoms with Gasteiger partial charge in [-0.25, -0.2) is 0 Å². The number of ketones is 1. The molecule has 1 aromatic rings. The van der Waals surface area contributed by atoms with Gasteiger partial charge in [0, 0.05) is 0 Å². The van der Waals surface area contributed by atoms with Gasteiger partial charge in [0.05, 0.1) is 17.7 Å². The Morgan fingerprint density at radius 1 is 1.39 bits per heavy atom. The molecule has 0 N–H and O–H groups in total. The first-order chi connectivity index (χ1) is 8.44. The van der Waals surface area contributed by atoms with Crippen LogP contribution >= 0.6 is 23.5 Å². The molecule has 7 heteroatoms. The van der Waals surface area contributed by atoms with E-state index in [1.54, 1.807) is 13.8 Å². The van der Waals surface area contributed by atoms with Crippen molar-refractivity contribution in [2.45, 2.75) is 13.8 Å². The number of carbonyl (C=O) groups excluding carboxylic acids is 1. The minimum atomic E-state index is -3.48. The SMILES string of the molecule is C=C(Br)C(=O)c1ccc(P(=O)(OCC)OCC)o1. The van der Waals surface area contributed by atoms with Crippen molar-refractivity contribution in [1.82, 2.24) is 0 Å². The summed E-state index contributed by atoms with van der Waals surface area (Å²) in [4.78, 5) is 11.6.